The van der Waals surface area contributed by atoms with Gasteiger partial charge in [-0.2, -0.15) is 4.31 Å². The van der Waals surface area contributed by atoms with Crippen LogP contribution in [0.5, 0.6) is 11.5 Å². The van der Waals surface area contributed by atoms with Gasteiger partial charge in [0.2, 0.25) is 10.0 Å². The third-order valence-corrected chi connectivity index (χ3v) is 9.27. The molecule has 1 fully saturated rings. The zero-order chi connectivity index (χ0) is 25.5. The molecule has 194 valence electrons. The molecule has 1 saturated heterocycles. The Hall–Kier alpha value is -1.88. The van der Waals surface area contributed by atoms with Gasteiger partial charge in [0.05, 0.1) is 29.3 Å². The third-order valence-electron chi connectivity index (χ3n) is 5.99. The van der Waals surface area contributed by atoms with E-state index in [1.165, 1.54) is 22.1 Å². The van der Waals surface area contributed by atoms with Gasteiger partial charge in [0.15, 0.2) is 0 Å². The molecular formula is C25H29Cl2N3O4S2. The molecule has 1 aliphatic heterocycles. The molecule has 4 rings (SSSR count). The molecule has 2 heterocycles. The van der Waals surface area contributed by atoms with Gasteiger partial charge in [-0.15, -0.1) is 11.3 Å². The molecule has 0 radical (unpaired) electrons. The summed E-state index contributed by atoms with van der Waals surface area (Å²) in [7, 11) is -2.18. The number of piperidine rings is 1. The van der Waals surface area contributed by atoms with E-state index in [9.17, 15) is 8.42 Å². The van der Waals surface area contributed by atoms with Crippen LogP contribution in [0.4, 0.5) is 0 Å². The van der Waals surface area contributed by atoms with Crippen molar-refractivity contribution in [2.45, 2.75) is 37.3 Å². The van der Waals surface area contributed by atoms with Crippen molar-refractivity contribution in [3.63, 3.8) is 0 Å². The molecule has 3 aromatic rings. The Balaban J connectivity index is 1.48. The van der Waals surface area contributed by atoms with Crippen LogP contribution in [0, 0.1) is 0 Å². The minimum absolute atomic E-state index is 0.177. The molecule has 36 heavy (non-hydrogen) atoms. The highest BCUT2D eigenvalue weighted by Crippen LogP contribution is 2.29. The second-order valence-electron chi connectivity index (χ2n) is 8.51. The molecule has 0 N–H and O–H groups in total. The van der Waals surface area contributed by atoms with Crippen molar-refractivity contribution in [3.8, 4) is 11.5 Å². The molecule has 7 nitrogen and oxygen atoms in total. The largest absolute Gasteiger partial charge is 0.497 e. The molecule has 0 atom stereocenters. The fraction of sp³-hybridized carbons (Fsp3) is 0.400. The van der Waals surface area contributed by atoms with Crippen LogP contribution >= 0.6 is 34.5 Å². The van der Waals surface area contributed by atoms with Crippen molar-refractivity contribution in [1.82, 2.24) is 14.2 Å². The van der Waals surface area contributed by atoms with Crippen molar-refractivity contribution in [1.29, 1.82) is 0 Å². The minimum atomic E-state index is -3.73. The first-order valence-corrected chi connectivity index (χ1v) is 14.8. The lowest BCUT2D eigenvalue weighted by molar-refractivity contribution is 0.211. The number of hydrogen-bond acceptors (Lipinski definition) is 7. The topological polar surface area (TPSA) is 72.0 Å². The standard InChI is InChI=1S/C25H29Cl2N3O4S2/c1-33-21-6-8-22(9-7-21)36(31,32)30(14-13-29-11-3-2-4-12-29)16-20-18-35-25(28-20)17-34-24-15-19(26)5-10-23(24)27/h5-10,15,18H,2-4,11-14,16-17H2,1H3. The van der Waals surface area contributed by atoms with E-state index in [2.05, 4.69) is 9.88 Å². The highest BCUT2D eigenvalue weighted by Gasteiger charge is 2.26. The highest BCUT2D eigenvalue weighted by molar-refractivity contribution is 7.89. The zero-order valence-corrected chi connectivity index (χ0v) is 23.2. The van der Waals surface area contributed by atoms with Gasteiger partial charge >= 0.3 is 0 Å². The zero-order valence-electron chi connectivity index (χ0n) is 20.0. The van der Waals surface area contributed by atoms with Crippen molar-refractivity contribution in [2.75, 3.05) is 33.3 Å². The number of methoxy groups -OCH3 is 1. The average molecular weight is 571 g/mol. The van der Waals surface area contributed by atoms with Crippen LogP contribution < -0.4 is 9.47 Å². The molecule has 0 bridgehead atoms. The summed E-state index contributed by atoms with van der Waals surface area (Å²) < 4.78 is 39.7. The van der Waals surface area contributed by atoms with Crippen molar-refractivity contribution in [2.24, 2.45) is 0 Å². The van der Waals surface area contributed by atoms with E-state index in [1.807, 2.05) is 5.38 Å². The lowest BCUT2D eigenvalue weighted by Crippen LogP contribution is -2.40. The number of benzene rings is 2. The average Bonchev–Trinajstić information content (AvgIpc) is 3.35. The molecular weight excluding hydrogens is 541 g/mol. The second kappa shape index (κ2) is 12.6. The third kappa shape index (κ3) is 7.12. The molecule has 1 aromatic heterocycles. The smallest absolute Gasteiger partial charge is 0.243 e. The van der Waals surface area contributed by atoms with Crippen molar-refractivity contribution in [3.05, 3.63) is 68.6 Å². The summed E-state index contributed by atoms with van der Waals surface area (Å²) in [6.07, 6.45) is 3.53. The van der Waals surface area contributed by atoms with Crippen molar-refractivity contribution >= 4 is 44.6 Å². The van der Waals surface area contributed by atoms with Gasteiger partial charge < -0.3 is 14.4 Å². The Bertz CT molecular complexity index is 1250. The Morgan fingerprint density at radius 3 is 2.56 bits per heavy atom. The molecule has 0 spiro atoms. The maximum atomic E-state index is 13.6. The van der Waals surface area contributed by atoms with Crippen LogP contribution in [0.1, 0.15) is 30.0 Å². The van der Waals surface area contributed by atoms with Crippen LogP contribution in [0.3, 0.4) is 0 Å². The quantitative estimate of drug-likeness (QED) is 0.294. The molecule has 11 heteroatoms. The van der Waals surface area contributed by atoms with Crippen LogP contribution in [0.25, 0.3) is 0 Å². The van der Waals surface area contributed by atoms with Gasteiger partial charge in [0.1, 0.15) is 23.1 Å². The molecule has 0 unspecified atom stereocenters. The first-order valence-electron chi connectivity index (χ1n) is 11.7. The monoisotopic (exact) mass is 569 g/mol. The summed E-state index contributed by atoms with van der Waals surface area (Å²) in [5, 5.41) is 3.59. The fourth-order valence-corrected chi connectivity index (χ4v) is 6.45. The van der Waals surface area contributed by atoms with E-state index in [4.69, 9.17) is 32.7 Å². The maximum Gasteiger partial charge on any atom is 0.243 e. The first-order chi connectivity index (χ1) is 17.3. The van der Waals surface area contributed by atoms with Gasteiger partial charge in [0, 0.05) is 29.6 Å². The van der Waals surface area contributed by atoms with Crippen molar-refractivity contribution < 1.29 is 17.9 Å². The predicted molar refractivity (Wildman–Crippen MR) is 144 cm³/mol. The van der Waals surface area contributed by atoms with E-state index in [0.717, 1.165) is 30.9 Å². The normalized spacial score (nSPS) is 14.8. The van der Waals surface area contributed by atoms with Gasteiger partial charge in [-0.3, -0.25) is 0 Å². The number of sulfonamides is 1. The van der Waals surface area contributed by atoms with Crippen LogP contribution in [-0.2, 0) is 23.2 Å². The lowest BCUT2D eigenvalue weighted by atomic mass is 10.1. The van der Waals surface area contributed by atoms with E-state index >= 15 is 0 Å². The highest BCUT2D eigenvalue weighted by atomic mass is 35.5. The molecule has 0 amide bonds. The van der Waals surface area contributed by atoms with Gasteiger partial charge in [-0.05, 0) is 62.3 Å². The minimum Gasteiger partial charge on any atom is -0.497 e. The summed E-state index contributed by atoms with van der Waals surface area (Å²) in [5.74, 6) is 1.09. The predicted octanol–water partition coefficient (Wildman–Crippen LogP) is 5.71. The summed E-state index contributed by atoms with van der Waals surface area (Å²) >= 11 is 13.6. The summed E-state index contributed by atoms with van der Waals surface area (Å²) in [5.41, 5.74) is 0.673. The van der Waals surface area contributed by atoms with Gasteiger partial charge in [-0.25, -0.2) is 13.4 Å². The molecule has 2 aromatic carbocycles. The Labute approximate surface area is 226 Å². The van der Waals surface area contributed by atoms with Gasteiger partial charge in [-0.1, -0.05) is 29.6 Å². The van der Waals surface area contributed by atoms with E-state index in [-0.39, 0.29) is 18.0 Å². The number of thiazole rings is 1. The number of nitrogens with zero attached hydrogens (tertiary/aromatic N) is 3. The Morgan fingerprint density at radius 1 is 1.08 bits per heavy atom. The number of aromatic nitrogens is 1. The lowest BCUT2D eigenvalue weighted by Gasteiger charge is -2.29. The molecule has 0 saturated carbocycles. The number of ether oxygens (including phenoxy) is 2. The summed E-state index contributed by atoms with van der Waals surface area (Å²) in [6, 6.07) is 11.5. The molecule has 0 aliphatic carbocycles. The fourth-order valence-electron chi connectivity index (χ4n) is 4.01. The number of rotatable bonds is 11. The summed E-state index contributed by atoms with van der Waals surface area (Å²) in [6.45, 7) is 3.46. The molecule has 1 aliphatic rings. The second-order valence-corrected chi connectivity index (χ2v) is 12.2. The maximum absolute atomic E-state index is 13.6. The number of likely N-dealkylation sites (tertiary alicyclic amines) is 1. The van der Waals surface area contributed by atoms with Gasteiger partial charge in [0.25, 0.3) is 0 Å². The SMILES string of the molecule is COc1ccc(S(=O)(=O)N(CCN2CCCCC2)Cc2csc(COc3cc(Cl)ccc3Cl)n2)cc1. The van der Waals surface area contributed by atoms with E-state index in [0.29, 0.717) is 40.3 Å². The van der Waals surface area contributed by atoms with E-state index in [1.54, 1.807) is 49.6 Å². The summed E-state index contributed by atoms with van der Waals surface area (Å²) in [4.78, 5) is 7.19. The number of hydrogen-bond donors (Lipinski definition) is 0. The van der Waals surface area contributed by atoms with Crippen LogP contribution in [0.15, 0.2) is 52.7 Å². The van der Waals surface area contributed by atoms with Crippen LogP contribution in [-0.4, -0.2) is 55.9 Å². The Kier molecular flexibility index (Phi) is 9.49. The number of halogens is 2. The van der Waals surface area contributed by atoms with Crippen LogP contribution in [0.2, 0.25) is 10.0 Å². The Morgan fingerprint density at radius 2 is 1.83 bits per heavy atom. The van der Waals surface area contributed by atoms with E-state index < -0.39 is 10.0 Å². The first kappa shape index (κ1) is 27.2.